The Morgan fingerprint density at radius 3 is 2.93 bits per heavy atom. The second-order valence-corrected chi connectivity index (χ2v) is 6.30. The largest absolute Gasteiger partial charge is 0.383 e. The number of rotatable bonds is 2. The Hall–Kier alpha value is -0.280. The van der Waals surface area contributed by atoms with Gasteiger partial charge in [-0.15, -0.1) is 23.5 Å². The van der Waals surface area contributed by atoms with Gasteiger partial charge in [0.15, 0.2) is 0 Å². The maximum absolute atomic E-state index is 3.52. The molecule has 1 aromatic rings. The van der Waals surface area contributed by atoms with Crippen LogP contribution in [0, 0.1) is 5.92 Å². The lowest BCUT2D eigenvalue weighted by Crippen LogP contribution is -2.25. The molecule has 1 nitrogen and oxygen atoms in total. The molecule has 0 bridgehead atoms. The van der Waals surface area contributed by atoms with E-state index in [2.05, 4.69) is 43.6 Å². The topological polar surface area (TPSA) is 12.0 Å². The molecule has 1 N–H and O–H groups in total. The van der Waals surface area contributed by atoms with E-state index in [9.17, 15) is 0 Å². The minimum Gasteiger partial charge on any atom is -0.383 e. The molecule has 1 atom stereocenters. The van der Waals surface area contributed by atoms with E-state index in [0.29, 0.717) is 5.25 Å². The first-order valence-corrected chi connectivity index (χ1v) is 7.39. The van der Waals surface area contributed by atoms with Crippen molar-refractivity contribution in [3.63, 3.8) is 0 Å². The van der Waals surface area contributed by atoms with Crippen molar-refractivity contribution in [2.24, 2.45) is 5.92 Å². The van der Waals surface area contributed by atoms with Crippen molar-refractivity contribution in [2.45, 2.75) is 28.9 Å². The van der Waals surface area contributed by atoms with E-state index in [-0.39, 0.29) is 0 Å². The molecule has 0 saturated carbocycles. The summed E-state index contributed by atoms with van der Waals surface area (Å²) in [6.45, 7) is 5.68. The van der Waals surface area contributed by atoms with Gasteiger partial charge in [0, 0.05) is 27.3 Å². The van der Waals surface area contributed by atoms with E-state index in [1.165, 1.54) is 15.5 Å². The van der Waals surface area contributed by atoms with Gasteiger partial charge in [0.05, 0.1) is 0 Å². The third kappa shape index (κ3) is 2.45. The first-order chi connectivity index (χ1) is 7.20. The summed E-state index contributed by atoms with van der Waals surface area (Å²) in [5, 5.41) is 4.22. The van der Waals surface area contributed by atoms with Crippen molar-refractivity contribution in [1.82, 2.24) is 0 Å². The van der Waals surface area contributed by atoms with Crippen LogP contribution in [0.2, 0.25) is 0 Å². The van der Waals surface area contributed by atoms with Gasteiger partial charge < -0.3 is 5.32 Å². The van der Waals surface area contributed by atoms with Gasteiger partial charge in [0.1, 0.15) is 0 Å². The Balaban J connectivity index is 2.23. The Labute approximate surface area is 100 Å². The Morgan fingerprint density at radius 2 is 2.27 bits per heavy atom. The van der Waals surface area contributed by atoms with Crippen LogP contribution in [0.25, 0.3) is 0 Å². The molecule has 1 heterocycles. The third-order valence-corrected chi connectivity index (χ3v) is 5.04. The van der Waals surface area contributed by atoms with Gasteiger partial charge in [-0.2, -0.15) is 0 Å². The molecule has 3 heteroatoms. The van der Waals surface area contributed by atoms with Crippen LogP contribution in [0.15, 0.2) is 28.0 Å². The molecule has 0 fully saturated rings. The molecule has 1 aromatic carbocycles. The van der Waals surface area contributed by atoms with Gasteiger partial charge in [-0.25, -0.2) is 0 Å². The Bertz CT molecular complexity index is 349. The molecule has 0 aliphatic carbocycles. The van der Waals surface area contributed by atoms with Crippen LogP contribution in [-0.2, 0) is 0 Å². The highest BCUT2D eigenvalue weighted by molar-refractivity contribution is 8.00. The molecule has 1 aliphatic heterocycles. The van der Waals surface area contributed by atoms with Gasteiger partial charge in [0.25, 0.3) is 0 Å². The van der Waals surface area contributed by atoms with Crippen molar-refractivity contribution in [3.8, 4) is 0 Å². The standard InChI is InChI=1S/C12H17NS2/c1-8(2)12-7-13-10-5-4-9(14-3)6-11(10)15-12/h4-6,8,12-13H,7H2,1-3H3. The van der Waals surface area contributed by atoms with Crippen molar-refractivity contribution in [1.29, 1.82) is 0 Å². The smallest absolute Gasteiger partial charge is 0.0479 e. The van der Waals surface area contributed by atoms with Crippen molar-refractivity contribution < 1.29 is 0 Å². The summed E-state index contributed by atoms with van der Waals surface area (Å²) in [6.07, 6.45) is 2.13. The predicted molar refractivity (Wildman–Crippen MR) is 71.2 cm³/mol. The van der Waals surface area contributed by atoms with E-state index in [1.807, 2.05) is 23.5 Å². The monoisotopic (exact) mass is 239 g/mol. The van der Waals surface area contributed by atoms with Gasteiger partial charge >= 0.3 is 0 Å². The van der Waals surface area contributed by atoms with E-state index < -0.39 is 0 Å². The third-order valence-electron chi connectivity index (χ3n) is 2.70. The van der Waals surface area contributed by atoms with Crippen molar-refractivity contribution >= 4 is 29.2 Å². The highest BCUT2D eigenvalue weighted by Gasteiger charge is 2.21. The zero-order chi connectivity index (χ0) is 10.8. The fraction of sp³-hybridized carbons (Fsp3) is 0.500. The Kier molecular flexibility index (Phi) is 3.52. The van der Waals surface area contributed by atoms with Crippen molar-refractivity contribution in [2.75, 3.05) is 18.1 Å². The van der Waals surface area contributed by atoms with Crippen LogP contribution < -0.4 is 5.32 Å². The molecule has 0 aromatic heterocycles. The van der Waals surface area contributed by atoms with E-state index >= 15 is 0 Å². The molecule has 15 heavy (non-hydrogen) atoms. The van der Waals surface area contributed by atoms with Gasteiger partial charge in [-0.1, -0.05) is 13.8 Å². The van der Waals surface area contributed by atoms with Crippen LogP contribution in [0.4, 0.5) is 5.69 Å². The summed E-state index contributed by atoms with van der Waals surface area (Å²) in [5.74, 6) is 0.730. The molecule has 1 unspecified atom stereocenters. The fourth-order valence-electron chi connectivity index (χ4n) is 1.66. The molecule has 2 rings (SSSR count). The highest BCUT2D eigenvalue weighted by atomic mass is 32.2. The molecule has 0 radical (unpaired) electrons. The number of nitrogens with one attached hydrogen (secondary N) is 1. The fourth-order valence-corrected chi connectivity index (χ4v) is 3.40. The molecular formula is C12H17NS2. The second kappa shape index (κ2) is 4.71. The summed E-state index contributed by atoms with van der Waals surface area (Å²) in [7, 11) is 0. The lowest BCUT2D eigenvalue weighted by molar-refractivity contribution is 0.620. The van der Waals surface area contributed by atoms with Gasteiger partial charge in [-0.05, 0) is 30.4 Å². The van der Waals surface area contributed by atoms with Crippen LogP contribution in [0.5, 0.6) is 0 Å². The SMILES string of the molecule is CSc1ccc2c(c1)SC(C(C)C)CN2. The minimum atomic E-state index is 0.703. The maximum atomic E-state index is 3.52. The quantitative estimate of drug-likeness (QED) is 0.785. The number of thioether (sulfide) groups is 2. The van der Waals surface area contributed by atoms with Gasteiger partial charge in [0.2, 0.25) is 0 Å². The second-order valence-electron chi connectivity index (χ2n) is 4.14. The lowest BCUT2D eigenvalue weighted by Gasteiger charge is -2.28. The molecule has 0 amide bonds. The molecule has 1 aliphatic rings. The average molecular weight is 239 g/mol. The molecule has 82 valence electrons. The Morgan fingerprint density at radius 1 is 1.47 bits per heavy atom. The lowest BCUT2D eigenvalue weighted by atomic mass is 10.1. The molecule has 0 saturated heterocycles. The summed E-state index contributed by atoms with van der Waals surface area (Å²) < 4.78 is 0. The number of anilines is 1. The average Bonchev–Trinajstić information content (AvgIpc) is 2.27. The van der Waals surface area contributed by atoms with E-state index in [1.54, 1.807) is 0 Å². The predicted octanol–water partition coefficient (Wildman–Crippen LogP) is 3.95. The summed E-state index contributed by atoms with van der Waals surface area (Å²) in [6, 6.07) is 6.68. The summed E-state index contributed by atoms with van der Waals surface area (Å²) >= 11 is 3.83. The number of fused-ring (bicyclic) bond motifs is 1. The summed E-state index contributed by atoms with van der Waals surface area (Å²) in [4.78, 5) is 2.76. The van der Waals surface area contributed by atoms with Gasteiger partial charge in [-0.3, -0.25) is 0 Å². The zero-order valence-electron chi connectivity index (χ0n) is 9.41. The first-order valence-electron chi connectivity index (χ1n) is 5.29. The number of benzene rings is 1. The maximum Gasteiger partial charge on any atom is 0.0479 e. The molecule has 0 spiro atoms. The minimum absolute atomic E-state index is 0.703. The van der Waals surface area contributed by atoms with Crippen LogP contribution >= 0.6 is 23.5 Å². The molecular weight excluding hydrogens is 222 g/mol. The highest BCUT2D eigenvalue weighted by Crippen LogP contribution is 2.39. The zero-order valence-corrected chi connectivity index (χ0v) is 11.0. The first kappa shape index (κ1) is 11.2. The van der Waals surface area contributed by atoms with E-state index in [0.717, 1.165) is 12.5 Å². The number of hydrogen-bond donors (Lipinski definition) is 1. The van der Waals surface area contributed by atoms with Crippen molar-refractivity contribution in [3.05, 3.63) is 18.2 Å². The van der Waals surface area contributed by atoms with Crippen LogP contribution in [0.3, 0.4) is 0 Å². The normalized spacial score (nSPS) is 19.9. The summed E-state index contributed by atoms with van der Waals surface area (Å²) in [5.41, 5.74) is 1.30. The van der Waals surface area contributed by atoms with E-state index in [4.69, 9.17) is 0 Å². The van der Waals surface area contributed by atoms with Crippen LogP contribution in [-0.4, -0.2) is 18.1 Å². The van der Waals surface area contributed by atoms with Crippen LogP contribution in [0.1, 0.15) is 13.8 Å². The number of hydrogen-bond acceptors (Lipinski definition) is 3.